The van der Waals surface area contributed by atoms with E-state index in [0.29, 0.717) is 16.5 Å². The third-order valence-corrected chi connectivity index (χ3v) is 3.42. The van der Waals surface area contributed by atoms with Crippen LogP contribution in [0.1, 0.15) is 35.4 Å². The van der Waals surface area contributed by atoms with Gasteiger partial charge >= 0.3 is 5.97 Å². The first-order chi connectivity index (χ1) is 9.49. The van der Waals surface area contributed by atoms with Crippen LogP contribution in [0, 0.1) is 18.3 Å². The van der Waals surface area contributed by atoms with Gasteiger partial charge in [0.1, 0.15) is 6.07 Å². The van der Waals surface area contributed by atoms with E-state index in [-0.39, 0.29) is 12.4 Å². The highest BCUT2D eigenvalue weighted by Crippen LogP contribution is 2.31. The molecular formula is C15H16N2O3. The fraction of sp³-hybridized carbons (Fsp3) is 0.333. The number of nitrogens with zero attached hydrogens (tertiary/aromatic N) is 1. The molecule has 0 aliphatic heterocycles. The van der Waals surface area contributed by atoms with Gasteiger partial charge in [0, 0.05) is 16.6 Å². The van der Waals surface area contributed by atoms with Crippen molar-refractivity contribution in [1.82, 2.24) is 4.98 Å². The number of aliphatic hydroxyl groups is 1. The van der Waals surface area contributed by atoms with Gasteiger partial charge in [-0.05, 0) is 31.0 Å². The van der Waals surface area contributed by atoms with Gasteiger partial charge in [0.05, 0.1) is 25.2 Å². The molecule has 0 saturated carbocycles. The standard InChI is InChI=1S/C15H16N2O3/c1-8-11(6-14(19)20-3)15-12(7-16)10(9(2)18)4-5-13(15)17-8/h4-5,9,17-18H,6H2,1-3H3. The van der Waals surface area contributed by atoms with Crippen LogP contribution < -0.4 is 0 Å². The molecule has 104 valence electrons. The number of ether oxygens (including phenoxy) is 1. The van der Waals surface area contributed by atoms with Crippen LogP contribution in [0.3, 0.4) is 0 Å². The maximum absolute atomic E-state index is 11.5. The number of rotatable bonds is 3. The highest BCUT2D eigenvalue weighted by Gasteiger charge is 2.19. The molecule has 0 spiro atoms. The van der Waals surface area contributed by atoms with E-state index < -0.39 is 6.10 Å². The summed E-state index contributed by atoms with van der Waals surface area (Å²) in [5, 5.41) is 19.9. The number of hydrogen-bond donors (Lipinski definition) is 2. The van der Waals surface area contributed by atoms with Crippen molar-refractivity contribution in [2.45, 2.75) is 26.4 Å². The molecular weight excluding hydrogens is 256 g/mol. The van der Waals surface area contributed by atoms with Crippen LogP contribution in [0.4, 0.5) is 0 Å². The smallest absolute Gasteiger partial charge is 0.310 e. The molecule has 2 aromatic rings. The van der Waals surface area contributed by atoms with Crippen LogP contribution in [0.25, 0.3) is 10.9 Å². The first-order valence-electron chi connectivity index (χ1n) is 6.28. The van der Waals surface area contributed by atoms with Crippen LogP contribution in [-0.2, 0) is 16.0 Å². The predicted molar refractivity (Wildman–Crippen MR) is 74.1 cm³/mol. The Hall–Kier alpha value is -2.32. The van der Waals surface area contributed by atoms with Crippen LogP contribution in [0.2, 0.25) is 0 Å². The molecule has 0 aliphatic rings. The van der Waals surface area contributed by atoms with Crippen molar-refractivity contribution in [2.24, 2.45) is 0 Å². The lowest BCUT2D eigenvalue weighted by molar-refractivity contribution is -0.139. The topological polar surface area (TPSA) is 86.1 Å². The summed E-state index contributed by atoms with van der Waals surface area (Å²) in [5.74, 6) is -0.361. The van der Waals surface area contributed by atoms with E-state index in [2.05, 4.69) is 11.1 Å². The number of hydrogen-bond acceptors (Lipinski definition) is 4. The van der Waals surface area contributed by atoms with Crippen molar-refractivity contribution in [3.8, 4) is 6.07 Å². The van der Waals surface area contributed by atoms with Gasteiger partial charge in [-0.1, -0.05) is 6.07 Å². The van der Waals surface area contributed by atoms with Crippen molar-refractivity contribution in [1.29, 1.82) is 5.26 Å². The summed E-state index contributed by atoms with van der Waals surface area (Å²) in [6.45, 7) is 3.46. The second kappa shape index (κ2) is 5.35. The van der Waals surface area contributed by atoms with Gasteiger partial charge in [-0.2, -0.15) is 5.26 Å². The second-order valence-corrected chi connectivity index (χ2v) is 4.72. The average molecular weight is 272 g/mol. The monoisotopic (exact) mass is 272 g/mol. The Kier molecular flexibility index (Phi) is 3.77. The molecule has 1 atom stereocenters. The third kappa shape index (κ3) is 2.26. The largest absolute Gasteiger partial charge is 0.469 e. The van der Waals surface area contributed by atoms with Gasteiger partial charge in [0.25, 0.3) is 0 Å². The number of aromatic amines is 1. The Balaban J connectivity index is 2.74. The quantitative estimate of drug-likeness (QED) is 0.838. The third-order valence-electron chi connectivity index (χ3n) is 3.42. The van der Waals surface area contributed by atoms with E-state index in [9.17, 15) is 15.2 Å². The van der Waals surface area contributed by atoms with Gasteiger partial charge in [-0.25, -0.2) is 0 Å². The molecule has 0 radical (unpaired) electrons. The molecule has 0 amide bonds. The van der Waals surface area contributed by atoms with Crippen molar-refractivity contribution in [3.63, 3.8) is 0 Å². The van der Waals surface area contributed by atoms with E-state index in [1.54, 1.807) is 13.0 Å². The summed E-state index contributed by atoms with van der Waals surface area (Å²) in [4.78, 5) is 14.7. The number of fused-ring (bicyclic) bond motifs is 1. The summed E-state index contributed by atoms with van der Waals surface area (Å²) in [7, 11) is 1.33. The number of esters is 1. The van der Waals surface area contributed by atoms with Crippen molar-refractivity contribution < 1.29 is 14.6 Å². The highest BCUT2D eigenvalue weighted by molar-refractivity contribution is 5.94. The van der Waals surface area contributed by atoms with Crippen LogP contribution in [0.15, 0.2) is 12.1 Å². The molecule has 1 aromatic heterocycles. The fourth-order valence-corrected chi connectivity index (χ4v) is 2.41. The molecule has 1 unspecified atom stereocenters. The molecule has 0 bridgehead atoms. The SMILES string of the molecule is COC(=O)Cc1c(C)[nH]c2ccc(C(C)O)c(C#N)c12. The number of nitrogens with one attached hydrogen (secondary N) is 1. The van der Waals surface area contributed by atoms with Crippen molar-refractivity contribution >= 4 is 16.9 Å². The Labute approximate surface area is 116 Å². The zero-order valence-corrected chi connectivity index (χ0v) is 11.7. The Morgan fingerprint density at radius 3 is 2.80 bits per heavy atom. The molecule has 1 aromatic carbocycles. The predicted octanol–water partition coefficient (Wildman–Crippen LogP) is 2.12. The van der Waals surface area contributed by atoms with E-state index in [4.69, 9.17) is 4.74 Å². The number of H-pyrrole nitrogens is 1. The lowest BCUT2D eigenvalue weighted by atomic mass is 9.96. The number of aromatic nitrogens is 1. The summed E-state index contributed by atoms with van der Waals surface area (Å²) in [5.41, 5.74) is 3.31. The summed E-state index contributed by atoms with van der Waals surface area (Å²) >= 11 is 0. The van der Waals surface area contributed by atoms with Crippen LogP contribution in [-0.4, -0.2) is 23.2 Å². The minimum atomic E-state index is -0.741. The first kappa shape index (κ1) is 14.1. The molecule has 1 heterocycles. The molecule has 2 N–H and O–H groups in total. The summed E-state index contributed by atoms with van der Waals surface area (Å²) < 4.78 is 4.69. The molecule has 5 heteroatoms. The Bertz CT molecular complexity index is 708. The van der Waals surface area contributed by atoms with E-state index >= 15 is 0 Å². The minimum Gasteiger partial charge on any atom is -0.469 e. The molecule has 0 aliphatic carbocycles. The van der Waals surface area contributed by atoms with Gasteiger partial charge in [0.2, 0.25) is 0 Å². The van der Waals surface area contributed by atoms with Crippen molar-refractivity contribution in [3.05, 3.63) is 34.5 Å². The lowest BCUT2D eigenvalue weighted by Crippen LogP contribution is -2.06. The molecule has 0 saturated heterocycles. The number of carbonyl (C=O) groups excluding carboxylic acids is 1. The maximum Gasteiger partial charge on any atom is 0.310 e. The zero-order chi connectivity index (χ0) is 14.9. The lowest BCUT2D eigenvalue weighted by Gasteiger charge is -2.09. The Morgan fingerprint density at radius 1 is 1.55 bits per heavy atom. The van der Waals surface area contributed by atoms with Crippen LogP contribution in [0.5, 0.6) is 0 Å². The maximum atomic E-state index is 11.5. The number of carbonyl (C=O) groups is 1. The van der Waals surface area contributed by atoms with Gasteiger partial charge in [0.15, 0.2) is 0 Å². The minimum absolute atomic E-state index is 0.0975. The summed E-state index contributed by atoms with van der Waals surface area (Å²) in [6.07, 6.45) is -0.643. The van der Waals surface area contributed by atoms with Gasteiger partial charge in [-0.3, -0.25) is 4.79 Å². The molecule has 0 fully saturated rings. The normalized spacial score (nSPS) is 12.2. The molecule has 2 rings (SSSR count). The molecule has 5 nitrogen and oxygen atoms in total. The van der Waals surface area contributed by atoms with Gasteiger partial charge < -0.3 is 14.8 Å². The van der Waals surface area contributed by atoms with Gasteiger partial charge in [-0.15, -0.1) is 0 Å². The van der Waals surface area contributed by atoms with E-state index in [1.165, 1.54) is 7.11 Å². The molecule has 20 heavy (non-hydrogen) atoms. The number of aliphatic hydroxyl groups excluding tert-OH is 1. The zero-order valence-electron chi connectivity index (χ0n) is 11.7. The Morgan fingerprint density at radius 2 is 2.25 bits per heavy atom. The summed E-state index contributed by atoms with van der Waals surface area (Å²) in [6, 6.07) is 5.67. The second-order valence-electron chi connectivity index (χ2n) is 4.72. The highest BCUT2D eigenvalue weighted by atomic mass is 16.5. The average Bonchev–Trinajstić information content (AvgIpc) is 2.73. The number of aryl methyl sites for hydroxylation is 1. The number of methoxy groups -OCH3 is 1. The fourth-order valence-electron chi connectivity index (χ4n) is 2.41. The van der Waals surface area contributed by atoms with E-state index in [0.717, 1.165) is 16.8 Å². The van der Waals surface area contributed by atoms with Crippen molar-refractivity contribution in [2.75, 3.05) is 7.11 Å². The first-order valence-corrected chi connectivity index (χ1v) is 6.28. The number of benzene rings is 1. The van der Waals surface area contributed by atoms with E-state index in [1.807, 2.05) is 13.0 Å². The van der Waals surface area contributed by atoms with Crippen LogP contribution >= 0.6 is 0 Å². The number of nitriles is 1.